The summed E-state index contributed by atoms with van der Waals surface area (Å²) in [4.78, 5) is 31.6. The number of aliphatic hydroxyl groups excluding tert-OH is 3. The van der Waals surface area contributed by atoms with Crippen LogP contribution in [-0.2, 0) is 14.4 Å². The molecule has 0 spiro atoms. The fourth-order valence-electron chi connectivity index (χ4n) is 1.46. The number of carbonyl (C=O) groups excluding carboxylic acids is 3. The van der Waals surface area contributed by atoms with Gasteiger partial charge in [0.15, 0.2) is 0 Å². The van der Waals surface area contributed by atoms with E-state index in [9.17, 15) is 14.4 Å². The predicted octanol–water partition coefficient (Wildman–Crippen LogP) is 0.841. The number of alkyl halides is 2. The molecule has 0 aromatic rings. The summed E-state index contributed by atoms with van der Waals surface area (Å²) in [5, 5.41) is 26.9. The highest BCUT2D eigenvalue weighted by molar-refractivity contribution is 6.18. The van der Waals surface area contributed by atoms with Crippen molar-refractivity contribution < 1.29 is 29.7 Å². The van der Waals surface area contributed by atoms with Crippen LogP contribution in [0.2, 0.25) is 0 Å². The molecule has 3 N–H and O–H groups in total. The molecule has 0 amide bonds. The van der Waals surface area contributed by atoms with Gasteiger partial charge in [0, 0.05) is 31.0 Å². The summed E-state index contributed by atoms with van der Waals surface area (Å²) in [7, 11) is 0. The van der Waals surface area contributed by atoms with Gasteiger partial charge < -0.3 is 15.3 Å². The molecule has 0 aliphatic carbocycles. The molecule has 6 nitrogen and oxygen atoms in total. The van der Waals surface area contributed by atoms with Crippen LogP contribution in [-0.4, -0.2) is 62.7 Å². The van der Waals surface area contributed by atoms with E-state index in [1.807, 2.05) is 0 Å². The van der Waals surface area contributed by atoms with Gasteiger partial charge in [-0.1, -0.05) is 0 Å². The van der Waals surface area contributed by atoms with Gasteiger partial charge >= 0.3 is 0 Å². The largest absolute Gasteiger partial charge is 0.393 e. The van der Waals surface area contributed by atoms with Gasteiger partial charge in [0.2, 0.25) is 0 Å². The van der Waals surface area contributed by atoms with Gasteiger partial charge in [-0.2, -0.15) is 0 Å². The quantitative estimate of drug-likeness (QED) is 0.394. The van der Waals surface area contributed by atoms with Crippen molar-refractivity contribution in [3.63, 3.8) is 0 Å². The molecule has 0 fully saturated rings. The molecule has 0 unspecified atom stereocenters. The van der Waals surface area contributed by atoms with Gasteiger partial charge in [0.25, 0.3) is 0 Å². The lowest BCUT2D eigenvalue weighted by atomic mass is 10.1. The first kappa shape index (κ1) is 23.7. The Balaban J connectivity index is 0. The lowest BCUT2D eigenvalue weighted by molar-refractivity contribution is -0.127. The zero-order valence-electron chi connectivity index (χ0n) is 12.8. The Morgan fingerprint density at radius 2 is 1.32 bits per heavy atom. The highest BCUT2D eigenvalue weighted by atomic mass is 35.5. The molecular formula is C14H24Cl2O6. The van der Waals surface area contributed by atoms with Crippen molar-refractivity contribution in [3.8, 4) is 0 Å². The molecule has 0 rings (SSSR count). The maximum Gasteiger partial charge on any atom is 0.142 e. The Labute approximate surface area is 140 Å². The molecule has 0 aliphatic rings. The topological polar surface area (TPSA) is 112 Å². The second kappa shape index (κ2) is 14.1. The molecule has 22 heavy (non-hydrogen) atoms. The predicted molar refractivity (Wildman–Crippen MR) is 84.3 cm³/mol. The first-order valence-electron chi connectivity index (χ1n) is 6.79. The first-order valence-corrected chi connectivity index (χ1v) is 7.85. The van der Waals surface area contributed by atoms with Crippen molar-refractivity contribution in [2.24, 2.45) is 0 Å². The maximum atomic E-state index is 10.8. The third-order valence-electron chi connectivity index (χ3n) is 2.33. The van der Waals surface area contributed by atoms with Gasteiger partial charge in [-0.15, -0.1) is 23.2 Å². The van der Waals surface area contributed by atoms with Crippen LogP contribution in [0.25, 0.3) is 0 Å². The minimum absolute atomic E-state index is 0.0247. The van der Waals surface area contributed by atoms with Crippen LogP contribution in [0.1, 0.15) is 39.5 Å². The first-order chi connectivity index (χ1) is 10.1. The van der Waals surface area contributed by atoms with E-state index in [1.165, 1.54) is 13.8 Å². The number of aliphatic hydroxyl groups is 3. The molecule has 130 valence electrons. The van der Waals surface area contributed by atoms with Crippen molar-refractivity contribution in [1.29, 1.82) is 0 Å². The van der Waals surface area contributed by atoms with E-state index in [0.29, 0.717) is 0 Å². The molecular weight excluding hydrogens is 335 g/mol. The summed E-state index contributed by atoms with van der Waals surface area (Å²) in [5.41, 5.74) is 0. The van der Waals surface area contributed by atoms with E-state index in [0.717, 1.165) is 0 Å². The van der Waals surface area contributed by atoms with E-state index in [1.54, 1.807) is 0 Å². The van der Waals surface area contributed by atoms with Crippen molar-refractivity contribution in [2.45, 2.75) is 57.8 Å². The molecule has 3 atom stereocenters. The van der Waals surface area contributed by atoms with Crippen LogP contribution in [0.15, 0.2) is 0 Å². The molecule has 0 saturated carbocycles. The van der Waals surface area contributed by atoms with Gasteiger partial charge in [-0.05, 0) is 13.8 Å². The molecule has 8 heteroatoms. The fourth-order valence-corrected chi connectivity index (χ4v) is 1.69. The highest BCUT2D eigenvalue weighted by Crippen LogP contribution is 2.04. The number of halogens is 2. The zero-order valence-corrected chi connectivity index (χ0v) is 14.3. The SMILES string of the molecule is CC(=O)CC(=O)C[C@H](O)CCl.CC(=O)C[C@H](O)C[C@H](O)CCl. The molecule has 0 bridgehead atoms. The average molecular weight is 359 g/mol. The Hall–Kier alpha value is -0.530. The average Bonchev–Trinajstić information content (AvgIpc) is 2.36. The van der Waals surface area contributed by atoms with Crippen LogP contribution in [0.4, 0.5) is 0 Å². The normalized spacial score (nSPS) is 14.3. The number of carbonyl (C=O) groups is 3. The summed E-state index contributed by atoms with van der Waals surface area (Å²) in [5.74, 6) is -0.403. The van der Waals surface area contributed by atoms with E-state index >= 15 is 0 Å². The Morgan fingerprint density at radius 1 is 0.818 bits per heavy atom. The Bertz CT molecular complexity index is 348. The number of Topliss-reactive ketones (excluding diaryl/α,β-unsaturated/α-hetero) is 3. The summed E-state index contributed by atoms with van der Waals surface area (Å²) in [6.45, 7) is 2.74. The van der Waals surface area contributed by atoms with Crippen LogP contribution in [0.5, 0.6) is 0 Å². The summed E-state index contributed by atoms with van der Waals surface area (Å²) < 4.78 is 0. The van der Waals surface area contributed by atoms with E-state index in [-0.39, 0.29) is 54.8 Å². The second-order valence-electron chi connectivity index (χ2n) is 5.03. The molecule has 0 heterocycles. The monoisotopic (exact) mass is 358 g/mol. The van der Waals surface area contributed by atoms with Crippen molar-refractivity contribution >= 4 is 40.6 Å². The second-order valence-corrected chi connectivity index (χ2v) is 5.65. The molecule has 0 aliphatic heterocycles. The van der Waals surface area contributed by atoms with E-state index in [4.69, 9.17) is 38.5 Å². The van der Waals surface area contributed by atoms with Crippen LogP contribution >= 0.6 is 23.2 Å². The third-order valence-corrected chi connectivity index (χ3v) is 3.05. The fraction of sp³-hybridized carbons (Fsp3) is 0.786. The smallest absolute Gasteiger partial charge is 0.142 e. The van der Waals surface area contributed by atoms with Crippen molar-refractivity contribution in [2.75, 3.05) is 11.8 Å². The Kier molecular flexibility index (Phi) is 15.2. The lowest BCUT2D eigenvalue weighted by Crippen LogP contribution is -2.20. The number of hydrogen-bond donors (Lipinski definition) is 3. The van der Waals surface area contributed by atoms with Gasteiger partial charge in [-0.25, -0.2) is 0 Å². The molecule has 0 aromatic carbocycles. The minimum atomic E-state index is -0.816. The van der Waals surface area contributed by atoms with Gasteiger partial charge in [-0.3, -0.25) is 14.4 Å². The lowest BCUT2D eigenvalue weighted by Gasteiger charge is -2.11. The molecule has 0 saturated heterocycles. The minimum Gasteiger partial charge on any atom is -0.393 e. The summed E-state index contributed by atoms with van der Waals surface area (Å²) in [6, 6.07) is 0. The van der Waals surface area contributed by atoms with Crippen LogP contribution in [0.3, 0.4) is 0 Å². The van der Waals surface area contributed by atoms with E-state index < -0.39 is 18.3 Å². The van der Waals surface area contributed by atoms with Crippen molar-refractivity contribution in [1.82, 2.24) is 0 Å². The summed E-state index contributed by atoms with van der Waals surface area (Å²) >= 11 is 10.5. The highest BCUT2D eigenvalue weighted by Gasteiger charge is 2.12. The molecule has 0 radical (unpaired) electrons. The van der Waals surface area contributed by atoms with Crippen molar-refractivity contribution in [3.05, 3.63) is 0 Å². The summed E-state index contributed by atoms with van der Waals surface area (Å²) in [6.07, 6.45) is -2.16. The standard InChI is InChI=1S/C7H13ClO3.C7H11ClO3/c2*1-5(9)2-6(10)3-7(11)4-8/h6-7,10-11H,2-4H2,1H3;7,11H,2-4H2,1H3/t6-,7-;7-/m00/s1. The Morgan fingerprint density at radius 3 is 1.68 bits per heavy atom. The third kappa shape index (κ3) is 17.5. The molecule has 0 aromatic heterocycles. The van der Waals surface area contributed by atoms with Crippen LogP contribution in [0, 0.1) is 0 Å². The van der Waals surface area contributed by atoms with E-state index in [2.05, 4.69) is 0 Å². The number of hydrogen-bond acceptors (Lipinski definition) is 6. The zero-order chi connectivity index (χ0) is 17.7. The van der Waals surface area contributed by atoms with Gasteiger partial charge in [0.05, 0.1) is 24.7 Å². The van der Waals surface area contributed by atoms with Gasteiger partial charge in [0.1, 0.15) is 17.3 Å². The number of rotatable bonds is 10. The maximum absolute atomic E-state index is 10.8. The number of ketones is 3. The van der Waals surface area contributed by atoms with Crippen LogP contribution < -0.4 is 0 Å².